The maximum Gasteiger partial charge on any atom is 0.341 e. The van der Waals surface area contributed by atoms with Gasteiger partial charge in [-0.05, 0) is 55.8 Å². The summed E-state index contributed by atoms with van der Waals surface area (Å²) in [6.07, 6.45) is 6.29. The number of aromatic carboxylic acids is 1. The van der Waals surface area contributed by atoms with E-state index in [1.165, 1.54) is 24.5 Å². The van der Waals surface area contributed by atoms with Gasteiger partial charge in [-0.15, -0.1) is 0 Å². The predicted molar refractivity (Wildman–Crippen MR) is 229 cm³/mol. The zero-order valence-electron chi connectivity index (χ0n) is 32.6. The van der Waals surface area contributed by atoms with E-state index in [2.05, 4.69) is 56.2 Å². The van der Waals surface area contributed by atoms with Gasteiger partial charge in [-0.2, -0.15) is 5.26 Å². The average molecular weight is 867 g/mol. The molecule has 6 aromatic rings. The van der Waals surface area contributed by atoms with Crippen molar-refractivity contribution in [3.8, 4) is 28.6 Å². The van der Waals surface area contributed by atoms with Crippen molar-refractivity contribution in [1.82, 2.24) is 34.9 Å². The molecule has 0 amide bonds. The third kappa shape index (κ3) is 12.5. The molecule has 0 atom stereocenters. The van der Waals surface area contributed by atoms with Gasteiger partial charge in [0.2, 0.25) is 17.8 Å². The molecule has 0 saturated carbocycles. The van der Waals surface area contributed by atoms with Gasteiger partial charge in [0.25, 0.3) is 5.69 Å². The second-order valence-corrected chi connectivity index (χ2v) is 13.1. The number of hydrogen-bond donors (Lipinski definition) is 5. The molecule has 0 bridgehead atoms. The van der Waals surface area contributed by atoms with E-state index in [1.807, 2.05) is 13.0 Å². The van der Waals surface area contributed by atoms with Gasteiger partial charge in [0, 0.05) is 67.0 Å². The van der Waals surface area contributed by atoms with E-state index >= 15 is 0 Å². The molecule has 2 aromatic carbocycles. The van der Waals surface area contributed by atoms with Crippen molar-refractivity contribution in [2.24, 2.45) is 0 Å². The molecule has 0 radical (unpaired) electrons. The van der Waals surface area contributed by atoms with Crippen LogP contribution >= 0.6 is 23.2 Å². The van der Waals surface area contributed by atoms with Crippen LogP contribution in [0.15, 0.2) is 85.5 Å². The number of esters is 1. The number of benzene rings is 2. The molecule has 4 aromatic heterocycles. The number of carbonyl (C=O) groups is 2. The smallest absolute Gasteiger partial charge is 0.341 e. The number of carboxylic acid groups (broad SMARTS) is 1. The summed E-state index contributed by atoms with van der Waals surface area (Å²) in [6.45, 7) is 5.61. The first kappa shape index (κ1) is 44.5. The minimum atomic E-state index is -1.09. The van der Waals surface area contributed by atoms with Crippen molar-refractivity contribution >= 4 is 64.5 Å². The molecule has 312 valence electrons. The molecule has 0 fully saturated rings. The number of rotatable bonds is 17. The highest BCUT2D eigenvalue weighted by Gasteiger charge is 2.22. The van der Waals surface area contributed by atoms with E-state index in [-0.39, 0.29) is 29.4 Å². The Hall–Kier alpha value is -7.56. The Bertz CT molecular complexity index is 2510. The molecule has 21 heteroatoms. The molecule has 0 aliphatic rings. The van der Waals surface area contributed by atoms with Crippen LogP contribution in [0, 0.1) is 21.4 Å². The number of nitrogens with zero attached hydrogens (tertiary/aromatic N) is 9. The fourth-order valence-corrected chi connectivity index (χ4v) is 5.89. The van der Waals surface area contributed by atoms with Crippen molar-refractivity contribution in [3.63, 3.8) is 0 Å². The normalized spacial score (nSPS) is 10.3. The summed E-state index contributed by atoms with van der Waals surface area (Å²) in [5.41, 5.74) is 2.83. The van der Waals surface area contributed by atoms with Gasteiger partial charge in [0.15, 0.2) is 0 Å². The van der Waals surface area contributed by atoms with E-state index in [0.29, 0.717) is 94.1 Å². The van der Waals surface area contributed by atoms with Gasteiger partial charge in [0.05, 0.1) is 45.3 Å². The zero-order valence-corrected chi connectivity index (χ0v) is 34.1. The number of nitro groups is 1. The molecule has 0 aliphatic heterocycles. The number of anilines is 4. The number of carbonyl (C=O) groups excluding carboxylic acids is 1. The second-order valence-electron chi connectivity index (χ2n) is 12.3. The summed E-state index contributed by atoms with van der Waals surface area (Å²) in [4.78, 5) is 63.9. The van der Waals surface area contributed by atoms with Crippen LogP contribution in [0.25, 0.3) is 22.5 Å². The lowest BCUT2D eigenvalue weighted by atomic mass is 10.0. The van der Waals surface area contributed by atoms with Gasteiger partial charge in [-0.1, -0.05) is 42.3 Å². The quantitative estimate of drug-likeness (QED) is 0.0266. The largest absolute Gasteiger partial charge is 0.478 e. The number of hydrogen-bond acceptors (Lipinski definition) is 17. The fraction of sp³-hybridized carbons (Fsp3) is 0.200. The lowest BCUT2D eigenvalue weighted by molar-refractivity contribution is -0.385. The van der Waals surface area contributed by atoms with Crippen LogP contribution in [-0.4, -0.2) is 89.6 Å². The first-order valence-corrected chi connectivity index (χ1v) is 19.2. The standard InChI is InChI=1S/C20H18Cl2N6O4.C20H19N7O2/c1-2-32-19(29)15-11-26-20(27-18(15)14-5-3-12(21)9-16(14)22)24-8-7-23-17-6-4-13(10-25-17)28(30)31;1-2-15-16(18(28)29)17(14-6-4-13(12-21)5-7-14)27-20(26-15)25-11-10-24-19-22-8-3-9-23-19/h3-6,9-11H,2,7-8H2,1H3,(H,23,25)(H,24,26,27);3-9H,2,10-11H2,1H3,(H,28,29)(H,22,23,24)(H,25,26,27). The molecule has 5 N–H and O–H groups in total. The van der Waals surface area contributed by atoms with Gasteiger partial charge in [0.1, 0.15) is 23.1 Å². The minimum absolute atomic E-state index is 0.0681. The van der Waals surface area contributed by atoms with Gasteiger partial charge in [-0.25, -0.2) is 44.5 Å². The maximum absolute atomic E-state index is 12.4. The molecule has 4 heterocycles. The van der Waals surface area contributed by atoms with E-state index in [1.54, 1.807) is 67.8 Å². The fourth-order valence-electron chi connectivity index (χ4n) is 5.39. The van der Waals surface area contributed by atoms with Crippen molar-refractivity contribution in [3.05, 3.63) is 128 Å². The molecule has 0 spiro atoms. The lowest BCUT2D eigenvalue weighted by Gasteiger charge is -2.13. The van der Waals surface area contributed by atoms with Crippen molar-refractivity contribution < 1.29 is 24.4 Å². The third-order valence-corrected chi connectivity index (χ3v) is 8.77. The van der Waals surface area contributed by atoms with Gasteiger partial charge in [-0.3, -0.25) is 10.1 Å². The highest BCUT2D eigenvalue weighted by Crippen LogP contribution is 2.32. The van der Waals surface area contributed by atoms with Crippen molar-refractivity contribution in [1.29, 1.82) is 5.26 Å². The van der Waals surface area contributed by atoms with Crippen LogP contribution in [0.2, 0.25) is 10.0 Å². The van der Waals surface area contributed by atoms with E-state index in [4.69, 9.17) is 33.2 Å². The van der Waals surface area contributed by atoms with Crippen LogP contribution in [0.3, 0.4) is 0 Å². The van der Waals surface area contributed by atoms with Crippen molar-refractivity contribution in [2.75, 3.05) is 54.1 Å². The molecular formula is C40H37Cl2N13O6. The van der Waals surface area contributed by atoms with Crippen LogP contribution in [0.1, 0.15) is 45.8 Å². The highest BCUT2D eigenvalue weighted by molar-refractivity contribution is 6.36. The number of pyridine rings is 1. The number of aryl methyl sites for hydroxylation is 1. The molecule has 6 rings (SSSR count). The van der Waals surface area contributed by atoms with Crippen LogP contribution in [0.4, 0.5) is 29.4 Å². The first-order chi connectivity index (χ1) is 29.5. The number of halogens is 2. The predicted octanol–water partition coefficient (Wildman–Crippen LogP) is 7.04. The van der Waals surface area contributed by atoms with Gasteiger partial charge < -0.3 is 31.1 Å². The number of carboxylic acids is 1. The summed E-state index contributed by atoms with van der Waals surface area (Å²) in [5.74, 6) is -0.0327. The summed E-state index contributed by atoms with van der Waals surface area (Å²) in [6, 6.07) is 18.2. The zero-order chi connectivity index (χ0) is 43.7. The Balaban J connectivity index is 0.000000232. The Morgan fingerprint density at radius 2 is 1.49 bits per heavy atom. The van der Waals surface area contributed by atoms with E-state index in [9.17, 15) is 24.8 Å². The summed E-state index contributed by atoms with van der Waals surface area (Å²) < 4.78 is 5.10. The number of aromatic nitrogens is 7. The summed E-state index contributed by atoms with van der Waals surface area (Å²) in [5, 5.41) is 42.4. The first-order valence-electron chi connectivity index (χ1n) is 18.5. The number of nitriles is 1. The van der Waals surface area contributed by atoms with Crippen LogP contribution < -0.4 is 21.3 Å². The Labute approximate surface area is 358 Å². The molecule has 0 aliphatic carbocycles. The number of nitrogens with one attached hydrogen (secondary N) is 4. The Morgan fingerprint density at radius 1 is 0.820 bits per heavy atom. The van der Waals surface area contributed by atoms with Crippen molar-refractivity contribution in [2.45, 2.75) is 20.3 Å². The monoisotopic (exact) mass is 865 g/mol. The summed E-state index contributed by atoms with van der Waals surface area (Å²) >= 11 is 12.3. The lowest BCUT2D eigenvalue weighted by Crippen LogP contribution is -2.18. The second kappa shape index (κ2) is 22.0. The topological polar surface area (TPSA) is 269 Å². The molecule has 0 unspecified atom stereocenters. The Morgan fingerprint density at radius 3 is 2.10 bits per heavy atom. The Kier molecular flexibility index (Phi) is 16.1. The molecule has 0 saturated heterocycles. The van der Waals surface area contributed by atoms with Gasteiger partial charge >= 0.3 is 11.9 Å². The third-order valence-electron chi connectivity index (χ3n) is 8.22. The highest BCUT2D eigenvalue weighted by atomic mass is 35.5. The summed E-state index contributed by atoms with van der Waals surface area (Å²) in [7, 11) is 0. The maximum atomic E-state index is 12.4. The van der Waals surface area contributed by atoms with E-state index < -0.39 is 16.9 Å². The average Bonchev–Trinajstić information content (AvgIpc) is 3.27. The molecule has 61 heavy (non-hydrogen) atoms. The molecular weight excluding hydrogens is 829 g/mol. The van der Waals surface area contributed by atoms with Crippen LogP contribution in [-0.2, 0) is 11.2 Å². The van der Waals surface area contributed by atoms with E-state index in [0.717, 1.165) is 0 Å². The minimum Gasteiger partial charge on any atom is -0.478 e. The molecule has 19 nitrogen and oxygen atoms in total. The SMILES string of the molecule is CCOC(=O)c1cnc(NCCNc2ccc([N+](=O)[O-])cn2)nc1-c1ccc(Cl)cc1Cl.CCc1nc(NCCNc2ncccn2)nc(-c2ccc(C#N)cc2)c1C(=O)O. The van der Waals surface area contributed by atoms with Crippen LogP contribution in [0.5, 0.6) is 0 Å². The number of ether oxygens (including phenoxy) is 1.